The Labute approximate surface area is 101 Å². The Kier molecular flexibility index (Phi) is 3.07. The van der Waals surface area contributed by atoms with E-state index in [1.807, 2.05) is 0 Å². The topological polar surface area (TPSA) is 12.9 Å². The van der Waals surface area contributed by atoms with Crippen LogP contribution in [0, 0.1) is 0 Å². The summed E-state index contributed by atoms with van der Waals surface area (Å²) in [6.45, 7) is 0. The van der Waals surface area contributed by atoms with Gasteiger partial charge in [0.2, 0.25) is 0 Å². The Bertz CT molecular complexity index is 523. The minimum Gasteiger partial charge on any atom is -0.265 e. The Hall–Kier alpha value is -1.55. The van der Waals surface area contributed by atoms with Crippen molar-refractivity contribution in [2.45, 2.75) is 6.18 Å². The molecule has 0 aliphatic rings. The standard InChI is InChI=1S/C12H7ClF3N/c13-11-6-9(8-1-3-17-4-2-8)5-10(7-11)12(14,15)16/h1-7H. The lowest BCUT2D eigenvalue weighted by Crippen LogP contribution is -2.04. The van der Waals surface area contributed by atoms with Crippen molar-refractivity contribution in [3.8, 4) is 11.1 Å². The number of hydrogen-bond donors (Lipinski definition) is 0. The van der Waals surface area contributed by atoms with Gasteiger partial charge in [0.05, 0.1) is 5.56 Å². The molecule has 1 heterocycles. The molecule has 88 valence electrons. The Morgan fingerprint density at radius 2 is 1.59 bits per heavy atom. The van der Waals surface area contributed by atoms with Crippen LogP contribution in [-0.4, -0.2) is 4.98 Å². The second kappa shape index (κ2) is 4.37. The molecule has 2 aromatic rings. The van der Waals surface area contributed by atoms with Gasteiger partial charge in [-0.25, -0.2) is 0 Å². The van der Waals surface area contributed by atoms with Crippen LogP contribution in [0.3, 0.4) is 0 Å². The molecule has 0 radical (unpaired) electrons. The predicted molar refractivity (Wildman–Crippen MR) is 59.7 cm³/mol. The van der Waals surface area contributed by atoms with E-state index in [-0.39, 0.29) is 5.02 Å². The third kappa shape index (κ3) is 2.77. The average Bonchev–Trinajstić information content (AvgIpc) is 2.28. The zero-order valence-corrected chi connectivity index (χ0v) is 9.26. The molecule has 0 atom stereocenters. The molecule has 0 aliphatic carbocycles. The van der Waals surface area contributed by atoms with Gasteiger partial charge in [-0.15, -0.1) is 0 Å². The molecule has 0 unspecified atom stereocenters. The van der Waals surface area contributed by atoms with Gasteiger partial charge in [0.25, 0.3) is 0 Å². The van der Waals surface area contributed by atoms with Crippen LogP contribution >= 0.6 is 11.6 Å². The molecule has 0 bridgehead atoms. The number of alkyl halides is 3. The van der Waals surface area contributed by atoms with Gasteiger partial charge >= 0.3 is 6.18 Å². The maximum absolute atomic E-state index is 12.6. The molecule has 17 heavy (non-hydrogen) atoms. The molecule has 1 aromatic heterocycles. The summed E-state index contributed by atoms with van der Waals surface area (Å²) in [5, 5.41) is 0.0617. The van der Waals surface area contributed by atoms with Crippen LogP contribution < -0.4 is 0 Å². The highest BCUT2D eigenvalue weighted by Gasteiger charge is 2.31. The highest BCUT2D eigenvalue weighted by atomic mass is 35.5. The van der Waals surface area contributed by atoms with Crippen molar-refractivity contribution < 1.29 is 13.2 Å². The fourth-order valence-corrected chi connectivity index (χ4v) is 1.70. The summed E-state index contributed by atoms with van der Waals surface area (Å²) in [4.78, 5) is 3.81. The van der Waals surface area contributed by atoms with E-state index in [0.29, 0.717) is 11.1 Å². The quantitative estimate of drug-likeness (QED) is 0.737. The molecule has 0 aliphatic heterocycles. The van der Waals surface area contributed by atoms with Crippen LogP contribution in [-0.2, 0) is 6.18 Å². The van der Waals surface area contributed by atoms with E-state index in [4.69, 9.17) is 11.6 Å². The third-order valence-electron chi connectivity index (χ3n) is 2.24. The lowest BCUT2D eigenvalue weighted by molar-refractivity contribution is -0.137. The minimum absolute atomic E-state index is 0.0617. The maximum Gasteiger partial charge on any atom is 0.416 e. The molecule has 0 saturated carbocycles. The Morgan fingerprint density at radius 3 is 2.18 bits per heavy atom. The van der Waals surface area contributed by atoms with E-state index in [1.54, 1.807) is 12.1 Å². The van der Waals surface area contributed by atoms with E-state index in [0.717, 1.165) is 12.1 Å². The smallest absolute Gasteiger partial charge is 0.265 e. The van der Waals surface area contributed by atoms with Crippen molar-refractivity contribution in [3.63, 3.8) is 0 Å². The molecule has 0 fully saturated rings. The Balaban J connectivity index is 2.54. The summed E-state index contributed by atoms with van der Waals surface area (Å²) in [7, 11) is 0. The maximum atomic E-state index is 12.6. The summed E-state index contributed by atoms with van der Waals surface area (Å²) in [5.74, 6) is 0. The predicted octanol–water partition coefficient (Wildman–Crippen LogP) is 4.42. The van der Waals surface area contributed by atoms with Gasteiger partial charge in [0.15, 0.2) is 0 Å². The van der Waals surface area contributed by atoms with E-state index in [2.05, 4.69) is 4.98 Å². The number of aromatic nitrogens is 1. The lowest BCUT2D eigenvalue weighted by atomic mass is 10.0. The van der Waals surface area contributed by atoms with Gasteiger partial charge in [0.1, 0.15) is 0 Å². The second-order valence-corrected chi connectivity index (χ2v) is 3.90. The first-order chi connectivity index (χ1) is 7.97. The molecule has 1 aromatic carbocycles. The summed E-state index contributed by atoms with van der Waals surface area (Å²) < 4.78 is 37.8. The highest BCUT2D eigenvalue weighted by Crippen LogP contribution is 2.34. The van der Waals surface area contributed by atoms with E-state index in [1.165, 1.54) is 18.5 Å². The summed E-state index contributed by atoms with van der Waals surface area (Å²) in [6.07, 6.45) is -1.36. The first-order valence-electron chi connectivity index (χ1n) is 4.75. The van der Waals surface area contributed by atoms with Crippen molar-refractivity contribution in [3.05, 3.63) is 53.3 Å². The summed E-state index contributed by atoms with van der Waals surface area (Å²) in [6, 6.07) is 6.73. The summed E-state index contributed by atoms with van der Waals surface area (Å²) in [5.41, 5.74) is 0.317. The van der Waals surface area contributed by atoms with Crippen LogP contribution in [0.5, 0.6) is 0 Å². The monoisotopic (exact) mass is 257 g/mol. The molecule has 0 N–H and O–H groups in total. The number of halogens is 4. The van der Waals surface area contributed by atoms with Crippen LogP contribution in [0.1, 0.15) is 5.56 Å². The molecule has 2 rings (SSSR count). The van der Waals surface area contributed by atoms with Gasteiger partial charge in [0, 0.05) is 17.4 Å². The van der Waals surface area contributed by atoms with Gasteiger partial charge in [-0.05, 0) is 41.5 Å². The Morgan fingerprint density at radius 1 is 0.941 bits per heavy atom. The van der Waals surface area contributed by atoms with Crippen LogP contribution in [0.2, 0.25) is 5.02 Å². The first kappa shape index (κ1) is 11.9. The van der Waals surface area contributed by atoms with Gasteiger partial charge < -0.3 is 0 Å². The molecule has 0 saturated heterocycles. The molecule has 0 spiro atoms. The highest BCUT2D eigenvalue weighted by molar-refractivity contribution is 6.31. The molecule has 5 heteroatoms. The van der Waals surface area contributed by atoms with Crippen molar-refractivity contribution in [1.82, 2.24) is 4.98 Å². The molecular formula is C12H7ClF3N. The number of rotatable bonds is 1. The fourth-order valence-electron chi connectivity index (χ4n) is 1.46. The number of hydrogen-bond acceptors (Lipinski definition) is 1. The van der Waals surface area contributed by atoms with Crippen molar-refractivity contribution in [2.24, 2.45) is 0 Å². The average molecular weight is 258 g/mol. The zero-order chi connectivity index (χ0) is 12.5. The first-order valence-corrected chi connectivity index (χ1v) is 5.13. The number of nitrogens with zero attached hydrogens (tertiary/aromatic N) is 1. The van der Waals surface area contributed by atoms with Crippen LogP contribution in [0.4, 0.5) is 13.2 Å². The van der Waals surface area contributed by atoms with Crippen molar-refractivity contribution in [1.29, 1.82) is 0 Å². The minimum atomic E-state index is -4.40. The number of benzene rings is 1. The largest absolute Gasteiger partial charge is 0.416 e. The van der Waals surface area contributed by atoms with E-state index < -0.39 is 11.7 Å². The van der Waals surface area contributed by atoms with Gasteiger partial charge in [-0.2, -0.15) is 13.2 Å². The lowest BCUT2D eigenvalue weighted by Gasteiger charge is -2.09. The normalized spacial score (nSPS) is 11.5. The zero-order valence-electron chi connectivity index (χ0n) is 8.50. The molecule has 1 nitrogen and oxygen atoms in total. The third-order valence-corrected chi connectivity index (χ3v) is 2.46. The molecule has 0 amide bonds. The SMILES string of the molecule is FC(F)(F)c1cc(Cl)cc(-c2ccncc2)c1. The van der Waals surface area contributed by atoms with E-state index in [9.17, 15) is 13.2 Å². The van der Waals surface area contributed by atoms with E-state index >= 15 is 0 Å². The molecular weight excluding hydrogens is 251 g/mol. The van der Waals surface area contributed by atoms with Gasteiger partial charge in [-0.1, -0.05) is 11.6 Å². The summed E-state index contributed by atoms with van der Waals surface area (Å²) >= 11 is 5.69. The van der Waals surface area contributed by atoms with Crippen LogP contribution in [0.25, 0.3) is 11.1 Å². The van der Waals surface area contributed by atoms with Gasteiger partial charge in [-0.3, -0.25) is 4.98 Å². The fraction of sp³-hybridized carbons (Fsp3) is 0.0833. The van der Waals surface area contributed by atoms with Crippen molar-refractivity contribution >= 4 is 11.6 Å². The second-order valence-electron chi connectivity index (χ2n) is 3.46. The van der Waals surface area contributed by atoms with Crippen LogP contribution in [0.15, 0.2) is 42.7 Å². The van der Waals surface area contributed by atoms with Crippen molar-refractivity contribution in [2.75, 3.05) is 0 Å². The number of pyridine rings is 1.